The lowest BCUT2D eigenvalue weighted by Gasteiger charge is -2.09. The normalized spacial score (nSPS) is 10.7. The van der Waals surface area contributed by atoms with E-state index in [4.69, 9.17) is 4.74 Å². The topological polar surface area (TPSA) is 46.2 Å². The molecule has 0 atom stereocenters. The second-order valence-corrected chi connectivity index (χ2v) is 4.69. The van der Waals surface area contributed by atoms with Crippen LogP contribution in [0.2, 0.25) is 0 Å². The van der Waals surface area contributed by atoms with Crippen molar-refractivity contribution in [1.29, 1.82) is 0 Å². The van der Waals surface area contributed by atoms with Crippen molar-refractivity contribution < 1.29 is 4.74 Å². The quantitative estimate of drug-likeness (QED) is 0.662. The van der Waals surface area contributed by atoms with Gasteiger partial charge in [-0.1, -0.05) is 19.9 Å². The molecular formula is C14H25N3O. The van der Waals surface area contributed by atoms with Crippen LogP contribution in [-0.2, 0) is 4.74 Å². The summed E-state index contributed by atoms with van der Waals surface area (Å²) < 4.78 is 5.52. The molecule has 0 fully saturated rings. The molecule has 0 saturated heterocycles. The molecule has 0 aromatic carbocycles. The minimum absolute atomic E-state index is 0.608. The van der Waals surface area contributed by atoms with Crippen molar-refractivity contribution in [1.82, 2.24) is 4.98 Å². The Morgan fingerprint density at radius 1 is 1.22 bits per heavy atom. The Hall–Kier alpha value is -1.29. The zero-order valence-corrected chi connectivity index (χ0v) is 11.7. The van der Waals surface area contributed by atoms with Crippen molar-refractivity contribution in [2.75, 3.05) is 36.9 Å². The van der Waals surface area contributed by atoms with Gasteiger partial charge in [-0.3, -0.25) is 0 Å². The first-order valence-electron chi connectivity index (χ1n) is 6.75. The monoisotopic (exact) mass is 251 g/mol. The molecule has 4 heteroatoms. The Labute approximate surface area is 110 Å². The molecule has 2 N–H and O–H groups in total. The summed E-state index contributed by atoms with van der Waals surface area (Å²) in [7, 11) is 0. The molecule has 1 aromatic heterocycles. The number of nitrogens with one attached hydrogen (secondary N) is 2. The Bertz CT molecular complexity index is 329. The predicted octanol–water partition coefficient (Wildman–Crippen LogP) is 2.99. The van der Waals surface area contributed by atoms with Gasteiger partial charge in [0.2, 0.25) is 0 Å². The van der Waals surface area contributed by atoms with Crippen LogP contribution in [0.15, 0.2) is 18.2 Å². The molecule has 0 amide bonds. The molecular weight excluding hydrogens is 226 g/mol. The van der Waals surface area contributed by atoms with Crippen LogP contribution in [0.25, 0.3) is 0 Å². The molecule has 1 aromatic rings. The fourth-order valence-corrected chi connectivity index (χ4v) is 1.52. The average Bonchev–Trinajstić information content (AvgIpc) is 2.34. The highest BCUT2D eigenvalue weighted by atomic mass is 16.5. The molecule has 0 aliphatic heterocycles. The van der Waals surface area contributed by atoms with Crippen LogP contribution in [0.4, 0.5) is 11.6 Å². The van der Waals surface area contributed by atoms with Gasteiger partial charge in [0.05, 0.1) is 0 Å². The third kappa shape index (κ3) is 6.45. The van der Waals surface area contributed by atoms with Gasteiger partial charge in [0, 0.05) is 26.3 Å². The van der Waals surface area contributed by atoms with Crippen molar-refractivity contribution in [2.45, 2.75) is 27.2 Å². The summed E-state index contributed by atoms with van der Waals surface area (Å²) in [5, 5.41) is 6.50. The van der Waals surface area contributed by atoms with Crippen LogP contribution in [-0.4, -0.2) is 31.3 Å². The van der Waals surface area contributed by atoms with E-state index >= 15 is 0 Å². The van der Waals surface area contributed by atoms with E-state index in [0.29, 0.717) is 5.92 Å². The lowest BCUT2D eigenvalue weighted by molar-refractivity contribution is 0.110. The average molecular weight is 251 g/mol. The van der Waals surface area contributed by atoms with E-state index in [1.807, 2.05) is 18.2 Å². The van der Waals surface area contributed by atoms with Gasteiger partial charge < -0.3 is 15.4 Å². The summed E-state index contributed by atoms with van der Waals surface area (Å²) in [5.74, 6) is 2.44. The summed E-state index contributed by atoms with van der Waals surface area (Å²) in [5.41, 5.74) is 0. The van der Waals surface area contributed by atoms with Crippen LogP contribution >= 0.6 is 0 Å². The molecule has 0 unspecified atom stereocenters. The highest BCUT2D eigenvalue weighted by Gasteiger charge is 1.97. The molecule has 1 heterocycles. The number of anilines is 2. The van der Waals surface area contributed by atoms with E-state index in [0.717, 1.165) is 44.4 Å². The van der Waals surface area contributed by atoms with Crippen molar-refractivity contribution >= 4 is 11.6 Å². The fraction of sp³-hybridized carbons (Fsp3) is 0.643. The van der Waals surface area contributed by atoms with Crippen molar-refractivity contribution in [3.05, 3.63) is 18.2 Å². The lowest BCUT2D eigenvalue weighted by Crippen LogP contribution is -2.09. The standard InChI is InChI=1S/C14H25N3O/c1-4-15-13-7-5-8-14(17-13)16-9-6-10-18-11-12(2)3/h5,7-8,12H,4,6,9-11H2,1-3H3,(H2,15,16,17). The number of pyridine rings is 1. The molecule has 18 heavy (non-hydrogen) atoms. The number of rotatable bonds is 9. The van der Waals surface area contributed by atoms with Crippen LogP contribution in [0, 0.1) is 5.92 Å². The number of hydrogen-bond acceptors (Lipinski definition) is 4. The van der Waals surface area contributed by atoms with E-state index in [2.05, 4.69) is 36.4 Å². The molecule has 102 valence electrons. The minimum Gasteiger partial charge on any atom is -0.381 e. The van der Waals surface area contributed by atoms with E-state index in [-0.39, 0.29) is 0 Å². The van der Waals surface area contributed by atoms with Crippen LogP contribution in [0.5, 0.6) is 0 Å². The predicted molar refractivity (Wildman–Crippen MR) is 77.2 cm³/mol. The number of hydrogen-bond donors (Lipinski definition) is 2. The number of aromatic nitrogens is 1. The molecule has 4 nitrogen and oxygen atoms in total. The first kappa shape index (κ1) is 14.8. The highest BCUT2D eigenvalue weighted by Crippen LogP contribution is 2.08. The summed E-state index contributed by atoms with van der Waals surface area (Å²) in [6.07, 6.45) is 1.000. The van der Waals surface area contributed by atoms with Gasteiger partial charge in [-0.05, 0) is 31.4 Å². The lowest BCUT2D eigenvalue weighted by atomic mass is 10.2. The van der Waals surface area contributed by atoms with Gasteiger partial charge in [0.15, 0.2) is 0 Å². The maximum absolute atomic E-state index is 5.52. The first-order valence-corrected chi connectivity index (χ1v) is 6.75. The van der Waals surface area contributed by atoms with E-state index in [1.54, 1.807) is 0 Å². The summed E-state index contributed by atoms with van der Waals surface area (Å²) in [6, 6.07) is 5.96. The van der Waals surface area contributed by atoms with E-state index in [1.165, 1.54) is 0 Å². The third-order valence-corrected chi connectivity index (χ3v) is 2.33. The van der Waals surface area contributed by atoms with Gasteiger partial charge >= 0.3 is 0 Å². The zero-order chi connectivity index (χ0) is 13.2. The Kier molecular flexibility index (Phi) is 7.18. The summed E-state index contributed by atoms with van der Waals surface area (Å²) >= 11 is 0. The third-order valence-electron chi connectivity index (χ3n) is 2.33. The second-order valence-electron chi connectivity index (χ2n) is 4.69. The molecule has 0 saturated carbocycles. The maximum atomic E-state index is 5.52. The maximum Gasteiger partial charge on any atom is 0.128 e. The fourth-order valence-electron chi connectivity index (χ4n) is 1.52. The molecule has 0 aliphatic rings. The van der Waals surface area contributed by atoms with Crippen molar-refractivity contribution in [2.24, 2.45) is 5.92 Å². The van der Waals surface area contributed by atoms with Gasteiger partial charge in [-0.15, -0.1) is 0 Å². The summed E-state index contributed by atoms with van der Waals surface area (Å²) in [6.45, 7) is 9.81. The van der Waals surface area contributed by atoms with E-state index < -0.39 is 0 Å². The van der Waals surface area contributed by atoms with Gasteiger partial charge in [0.25, 0.3) is 0 Å². The van der Waals surface area contributed by atoms with Gasteiger partial charge in [-0.25, -0.2) is 4.98 Å². The highest BCUT2D eigenvalue weighted by molar-refractivity contribution is 5.44. The number of ether oxygens (including phenoxy) is 1. The van der Waals surface area contributed by atoms with Gasteiger partial charge in [0.1, 0.15) is 11.6 Å². The van der Waals surface area contributed by atoms with Crippen LogP contribution in [0.1, 0.15) is 27.2 Å². The van der Waals surface area contributed by atoms with Crippen LogP contribution < -0.4 is 10.6 Å². The second kappa shape index (κ2) is 8.75. The van der Waals surface area contributed by atoms with Crippen LogP contribution in [0.3, 0.4) is 0 Å². The van der Waals surface area contributed by atoms with Gasteiger partial charge in [-0.2, -0.15) is 0 Å². The number of nitrogens with zero attached hydrogens (tertiary/aromatic N) is 1. The SMILES string of the molecule is CCNc1cccc(NCCCOCC(C)C)n1. The van der Waals surface area contributed by atoms with Crippen molar-refractivity contribution in [3.8, 4) is 0 Å². The molecule has 0 aliphatic carbocycles. The molecule has 0 bridgehead atoms. The molecule has 1 rings (SSSR count). The molecule has 0 spiro atoms. The summed E-state index contributed by atoms with van der Waals surface area (Å²) in [4.78, 5) is 4.45. The zero-order valence-electron chi connectivity index (χ0n) is 11.7. The first-order chi connectivity index (χ1) is 8.72. The largest absolute Gasteiger partial charge is 0.381 e. The Morgan fingerprint density at radius 3 is 2.61 bits per heavy atom. The molecule has 0 radical (unpaired) electrons. The minimum atomic E-state index is 0.608. The Balaban J connectivity index is 2.16. The van der Waals surface area contributed by atoms with E-state index in [9.17, 15) is 0 Å². The van der Waals surface area contributed by atoms with Crippen molar-refractivity contribution in [3.63, 3.8) is 0 Å². The Morgan fingerprint density at radius 2 is 1.94 bits per heavy atom. The smallest absolute Gasteiger partial charge is 0.128 e.